The standard InChI is InChI=1S/C24H26N2O5/c1-15(21(27)28)25-22(29)24(12-6-7-13-24)26-23(30)31-14-20-18-10-4-2-8-16(18)17-9-3-5-11-19(17)20/h2-5,8-11,15,20H,6-7,12-14H2,1H3,(H,25,29)(H,26,30)(H,27,28)/t15-/m0/s1. The minimum Gasteiger partial charge on any atom is -0.480 e. The summed E-state index contributed by atoms with van der Waals surface area (Å²) in [5.74, 6) is -1.67. The van der Waals surface area contributed by atoms with E-state index in [-0.39, 0.29) is 12.5 Å². The maximum atomic E-state index is 12.8. The zero-order valence-corrected chi connectivity index (χ0v) is 17.4. The zero-order valence-electron chi connectivity index (χ0n) is 17.4. The molecule has 0 saturated heterocycles. The summed E-state index contributed by atoms with van der Waals surface area (Å²) in [5, 5.41) is 14.3. The fourth-order valence-electron chi connectivity index (χ4n) is 4.61. The van der Waals surface area contributed by atoms with E-state index in [2.05, 4.69) is 22.8 Å². The number of amides is 2. The second-order valence-corrected chi connectivity index (χ2v) is 8.27. The summed E-state index contributed by atoms with van der Waals surface area (Å²) in [4.78, 5) is 36.5. The van der Waals surface area contributed by atoms with Crippen LogP contribution in [0.5, 0.6) is 0 Å². The lowest BCUT2D eigenvalue weighted by Gasteiger charge is -2.29. The number of alkyl carbamates (subject to hydrolysis) is 1. The van der Waals surface area contributed by atoms with Gasteiger partial charge in [-0.25, -0.2) is 4.79 Å². The maximum absolute atomic E-state index is 12.8. The Labute approximate surface area is 180 Å². The fraction of sp³-hybridized carbons (Fsp3) is 0.375. The van der Waals surface area contributed by atoms with Crippen LogP contribution in [0, 0.1) is 0 Å². The van der Waals surface area contributed by atoms with Crippen LogP contribution in [0.1, 0.15) is 49.7 Å². The van der Waals surface area contributed by atoms with Crippen LogP contribution in [-0.4, -0.2) is 41.3 Å². The second-order valence-electron chi connectivity index (χ2n) is 8.27. The van der Waals surface area contributed by atoms with Gasteiger partial charge >= 0.3 is 12.1 Å². The highest BCUT2D eigenvalue weighted by atomic mass is 16.5. The number of carboxylic acid groups (broad SMARTS) is 1. The molecule has 31 heavy (non-hydrogen) atoms. The quantitative estimate of drug-likeness (QED) is 0.662. The Morgan fingerprint density at radius 2 is 1.58 bits per heavy atom. The van der Waals surface area contributed by atoms with Crippen LogP contribution in [0.4, 0.5) is 4.79 Å². The van der Waals surface area contributed by atoms with E-state index in [0.29, 0.717) is 12.8 Å². The average molecular weight is 422 g/mol. The first-order chi connectivity index (χ1) is 14.9. The fourth-order valence-corrected chi connectivity index (χ4v) is 4.61. The number of carboxylic acids is 1. The summed E-state index contributed by atoms with van der Waals surface area (Å²) in [6, 6.07) is 15.1. The van der Waals surface area contributed by atoms with Gasteiger partial charge in [0, 0.05) is 5.92 Å². The maximum Gasteiger partial charge on any atom is 0.408 e. The van der Waals surface area contributed by atoms with Crippen LogP contribution >= 0.6 is 0 Å². The predicted octanol–water partition coefficient (Wildman–Crippen LogP) is 3.43. The predicted molar refractivity (Wildman–Crippen MR) is 115 cm³/mol. The summed E-state index contributed by atoms with van der Waals surface area (Å²) in [7, 11) is 0. The molecule has 2 amide bonds. The minimum absolute atomic E-state index is 0.0708. The molecule has 0 spiro atoms. The SMILES string of the molecule is C[C@H](NC(=O)C1(NC(=O)OCC2c3ccccc3-c3ccccc32)CCCC1)C(=O)O. The molecule has 4 rings (SSSR count). The third kappa shape index (κ3) is 4.00. The van der Waals surface area contributed by atoms with Gasteiger partial charge in [0.25, 0.3) is 0 Å². The highest BCUT2D eigenvalue weighted by Gasteiger charge is 2.44. The largest absolute Gasteiger partial charge is 0.480 e. The summed E-state index contributed by atoms with van der Waals surface area (Å²) in [6.45, 7) is 1.55. The van der Waals surface area contributed by atoms with Gasteiger partial charge in [-0.3, -0.25) is 9.59 Å². The number of hydrogen-bond donors (Lipinski definition) is 3. The summed E-state index contributed by atoms with van der Waals surface area (Å²) in [5.41, 5.74) is 3.37. The first-order valence-electron chi connectivity index (χ1n) is 10.6. The number of carbonyl (C=O) groups excluding carboxylic acids is 2. The Balaban J connectivity index is 1.45. The zero-order chi connectivity index (χ0) is 22.0. The molecule has 0 bridgehead atoms. The second kappa shape index (κ2) is 8.41. The molecule has 7 nitrogen and oxygen atoms in total. The van der Waals surface area contributed by atoms with E-state index in [9.17, 15) is 14.4 Å². The molecule has 3 N–H and O–H groups in total. The molecular formula is C24H26N2O5. The Morgan fingerprint density at radius 1 is 1.03 bits per heavy atom. The van der Waals surface area contributed by atoms with E-state index >= 15 is 0 Å². The monoisotopic (exact) mass is 422 g/mol. The average Bonchev–Trinajstić information content (AvgIpc) is 3.36. The number of rotatable bonds is 6. The van der Waals surface area contributed by atoms with Gasteiger partial charge in [0.05, 0.1) is 0 Å². The molecule has 0 aliphatic heterocycles. The van der Waals surface area contributed by atoms with Crippen molar-refractivity contribution in [2.75, 3.05) is 6.61 Å². The van der Waals surface area contributed by atoms with Crippen molar-refractivity contribution in [3.63, 3.8) is 0 Å². The first kappa shape index (κ1) is 20.9. The van der Waals surface area contributed by atoms with Crippen molar-refractivity contribution >= 4 is 18.0 Å². The first-order valence-corrected chi connectivity index (χ1v) is 10.6. The Hall–Kier alpha value is -3.35. The molecule has 1 atom stereocenters. The number of benzene rings is 2. The Bertz CT molecular complexity index is 967. The number of fused-ring (bicyclic) bond motifs is 3. The molecule has 2 aliphatic rings. The topological polar surface area (TPSA) is 105 Å². The lowest BCUT2D eigenvalue weighted by molar-refractivity contribution is -0.142. The molecule has 0 radical (unpaired) electrons. The Kier molecular flexibility index (Phi) is 5.67. The van der Waals surface area contributed by atoms with E-state index in [1.807, 2.05) is 36.4 Å². The van der Waals surface area contributed by atoms with Crippen molar-refractivity contribution in [2.24, 2.45) is 0 Å². The van der Waals surface area contributed by atoms with Gasteiger partial charge in [-0.2, -0.15) is 0 Å². The molecule has 2 aromatic rings. The summed E-state index contributed by atoms with van der Waals surface area (Å²) < 4.78 is 5.58. The van der Waals surface area contributed by atoms with Gasteiger partial charge in [0.2, 0.25) is 5.91 Å². The molecule has 2 aliphatic carbocycles. The van der Waals surface area contributed by atoms with Crippen molar-refractivity contribution in [1.82, 2.24) is 10.6 Å². The number of carbonyl (C=O) groups is 3. The molecule has 1 saturated carbocycles. The Morgan fingerprint density at radius 3 is 2.13 bits per heavy atom. The minimum atomic E-state index is -1.13. The summed E-state index contributed by atoms with van der Waals surface area (Å²) in [6.07, 6.45) is 1.80. The van der Waals surface area contributed by atoms with Crippen LogP contribution in [-0.2, 0) is 14.3 Å². The number of aliphatic carboxylic acids is 1. The third-order valence-electron chi connectivity index (χ3n) is 6.29. The van der Waals surface area contributed by atoms with Crippen molar-refractivity contribution in [3.8, 4) is 11.1 Å². The van der Waals surface area contributed by atoms with Gasteiger partial charge in [-0.15, -0.1) is 0 Å². The highest BCUT2D eigenvalue weighted by Crippen LogP contribution is 2.44. The lowest BCUT2D eigenvalue weighted by Crippen LogP contribution is -2.59. The molecule has 1 fully saturated rings. The van der Waals surface area contributed by atoms with Gasteiger partial charge in [0.15, 0.2) is 0 Å². The van der Waals surface area contributed by atoms with Gasteiger partial charge in [0.1, 0.15) is 18.2 Å². The van der Waals surface area contributed by atoms with Crippen molar-refractivity contribution in [3.05, 3.63) is 59.7 Å². The molecule has 2 aromatic carbocycles. The van der Waals surface area contributed by atoms with E-state index < -0.39 is 29.6 Å². The van der Waals surface area contributed by atoms with Crippen molar-refractivity contribution in [1.29, 1.82) is 0 Å². The van der Waals surface area contributed by atoms with Crippen molar-refractivity contribution < 1.29 is 24.2 Å². The normalized spacial score (nSPS) is 17.3. The molecule has 162 valence electrons. The third-order valence-corrected chi connectivity index (χ3v) is 6.29. The molecular weight excluding hydrogens is 396 g/mol. The van der Waals surface area contributed by atoms with E-state index in [1.165, 1.54) is 6.92 Å². The number of ether oxygens (including phenoxy) is 1. The van der Waals surface area contributed by atoms with Gasteiger partial charge in [-0.05, 0) is 42.0 Å². The van der Waals surface area contributed by atoms with Gasteiger partial charge in [-0.1, -0.05) is 61.4 Å². The molecule has 0 heterocycles. The molecule has 0 aromatic heterocycles. The van der Waals surface area contributed by atoms with Crippen LogP contribution in [0.15, 0.2) is 48.5 Å². The molecule has 0 unspecified atom stereocenters. The van der Waals surface area contributed by atoms with Crippen LogP contribution < -0.4 is 10.6 Å². The molecule has 7 heteroatoms. The van der Waals surface area contributed by atoms with E-state index in [1.54, 1.807) is 0 Å². The number of hydrogen-bond acceptors (Lipinski definition) is 4. The lowest BCUT2D eigenvalue weighted by atomic mass is 9.96. The van der Waals surface area contributed by atoms with Crippen molar-refractivity contribution in [2.45, 2.75) is 50.1 Å². The van der Waals surface area contributed by atoms with Crippen LogP contribution in [0.3, 0.4) is 0 Å². The number of nitrogens with one attached hydrogen (secondary N) is 2. The van der Waals surface area contributed by atoms with Crippen LogP contribution in [0.2, 0.25) is 0 Å². The van der Waals surface area contributed by atoms with Crippen LogP contribution in [0.25, 0.3) is 11.1 Å². The van der Waals surface area contributed by atoms with Gasteiger partial charge < -0.3 is 20.5 Å². The smallest absolute Gasteiger partial charge is 0.408 e. The van der Waals surface area contributed by atoms with E-state index in [4.69, 9.17) is 9.84 Å². The summed E-state index contributed by atoms with van der Waals surface area (Å²) >= 11 is 0. The van der Waals surface area contributed by atoms with E-state index in [0.717, 1.165) is 35.1 Å². The highest BCUT2D eigenvalue weighted by molar-refractivity contribution is 5.93.